The average Bonchev–Trinajstić information content (AvgIpc) is 2.52. The Morgan fingerprint density at radius 2 is 2.19 bits per heavy atom. The number of fused-ring (bicyclic) bond motifs is 1. The Kier molecular flexibility index (Phi) is 4.48. The number of benzene rings is 1. The molecule has 0 amide bonds. The number of pyridine rings is 1. The summed E-state index contributed by atoms with van der Waals surface area (Å²) in [4.78, 5) is 6.99. The Morgan fingerprint density at radius 1 is 1.33 bits per heavy atom. The summed E-state index contributed by atoms with van der Waals surface area (Å²) in [6, 6.07) is 10.8. The summed E-state index contributed by atoms with van der Waals surface area (Å²) in [6.07, 6.45) is 2.03. The minimum Gasteiger partial charge on any atom is -0.374 e. The number of para-hydroxylation sites is 1. The van der Waals surface area contributed by atoms with Crippen molar-refractivity contribution in [2.45, 2.75) is 19.1 Å². The number of hydrogen-bond acceptors (Lipinski definition) is 4. The fourth-order valence-corrected chi connectivity index (χ4v) is 3.12. The first kappa shape index (κ1) is 14.4. The van der Waals surface area contributed by atoms with Crippen molar-refractivity contribution in [3.63, 3.8) is 0 Å². The Labute approximate surface area is 126 Å². The van der Waals surface area contributed by atoms with Crippen LogP contribution in [0.25, 0.3) is 10.9 Å². The van der Waals surface area contributed by atoms with E-state index in [2.05, 4.69) is 53.4 Å². The molecular formula is C17H23N3O. The van der Waals surface area contributed by atoms with E-state index in [1.165, 1.54) is 10.9 Å². The van der Waals surface area contributed by atoms with Crippen LogP contribution >= 0.6 is 0 Å². The zero-order valence-electron chi connectivity index (χ0n) is 12.7. The fraction of sp³-hybridized carbons (Fsp3) is 0.471. The van der Waals surface area contributed by atoms with Crippen molar-refractivity contribution in [2.75, 3.05) is 33.3 Å². The SMILES string of the molecule is CCNCC1OCCN(C)C1c1cccc2cccnc12. The summed E-state index contributed by atoms with van der Waals surface area (Å²) < 4.78 is 6.03. The first-order valence-corrected chi connectivity index (χ1v) is 7.67. The monoisotopic (exact) mass is 285 g/mol. The minimum atomic E-state index is 0.163. The van der Waals surface area contributed by atoms with Crippen LogP contribution in [0.15, 0.2) is 36.5 Å². The van der Waals surface area contributed by atoms with Gasteiger partial charge < -0.3 is 10.1 Å². The van der Waals surface area contributed by atoms with Crippen LogP contribution in [0.2, 0.25) is 0 Å². The molecule has 112 valence electrons. The summed E-state index contributed by atoms with van der Waals surface area (Å²) in [5.41, 5.74) is 2.35. The lowest BCUT2D eigenvalue weighted by Gasteiger charge is -2.39. The Hall–Kier alpha value is -1.49. The molecule has 2 unspecified atom stereocenters. The van der Waals surface area contributed by atoms with Crippen molar-refractivity contribution in [2.24, 2.45) is 0 Å². The molecule has 2 atom stereocenters. The Morgan fingerprint density at radius 3 is 3.05 bits per heavy atom. The van der Waals surface area contributed by atoms with Gasteiger partial charge in [-0.25, -0.2) is 0 Å². The molecule has 21 heavy (non-hydrogen) atoms. The van der Waals surface area contributed by atoms with E-state index in [1.54, 1.807) is 0 Å². The van der Waals surface area contributed by atoms with Gasteiger partial charge in [0.2, 0.25) is 0 Å². The quantitative estimate of drug-likeness (QED) is 0.934. The molecule has 1 aliphatic heterocycles. The second-order valence-corrected chi connectivity index (χ2v) is 5.56. The predicted octanol–water partition coefficient (Wildman–Crippen LogP) is 2.22. The fourth-order valence-electron chi connectivity index (χ4n) is 3.12. The van der Waals surface area contributed by atoms with Crippen LogP contribution < -0.4 is 5.32 Å². The molecule has 1 N–H and O–H groups in total. The molecule has 1 aliphatic rings. The van der Waals surface area contributed by atoms with Crippen molar-refractivity contribution < 1.29 is 4.74 Å². The van der Waals surface area contributed by atoms with E-state index in [9.17, 15) is 0 Å². The molecule has 1 fully saturated rings. The standard InChI is InChI=1S/C17H23N3O/c1-3-18-12-15-17(20(2)10-11-21-15)14-8-4-6-13-7-5-9-19-16(13)14/h4-9,15,17-18H,3,10-12H2,1-2H3. The normalized spacial score (nSPS) is 23.5. The van der Waals surface area contributed by atoms with Crippen molar-refractivity contribution in [3.05, 3.63) is 42.1 Å². The van der Waals surface area contributed by atoms with Gasteiger partial charge in [-0.1, -0.05) is 31.2 Å². The van der Waals surface area contributed by atoms with E-state index in [0.717, 1.165) is 31.8 Å². The summed E-state index contributed by atoms with van der Waals surface area (Å²) in [7, 11) is 2.17. The highest BCUT2D eigenvalue weighted by Crippen LogP contribution is 2.32. The lowest BCUT2D eigenvalue weighted by atomic mass is 9.95. The van der Waals surface area contributed by atoms with E-state index in [4.69, 9.17) is 4.74 Å². The summed E-state index contributed by atoms with van der Waals surface area (Å²) >= 11 is 0. The number of likely N-dealkylation sites (N-methyl/N-ethyl adjacent to an activating group) is 2. The lowest BCUT2D eigenvalue weighted by Crippen LogP contribution is -2.47. The molecular weight excluding hydrogens is 262 g/mol. The van der Waals surface area contributed by atoms with E-state index in [1.807, 2.05) is 12.3 Å². The van der Waals surface area contributed by atoms with Gasteiger partial charge in [0.05, 0.1) is 24.3 Å². The largest absolute Gasteiger partial charge is 0.374 e. The maximum Gasteiger partial charge on any atom is 0.0897 e. The molecule has 1 aromatic heterocycles. The maximum absolute atomic E-state index is 6.03. The van der Waals surface area contributed by atoms with Gasteiger partial charge >= 0.3 is 0 Å². The van der Waals surface area contributed by atoms with Crippen LogP contribution in [-0.2, 0) is 4.74 Å². The molecule has 0 aliphatic carbocycles. The first-order chi connectivity index (χ1) is 10.3. The summed E-state index contributed by atoms with van der Waals surface area (Å²) in [5, 5.41) is 4.61. The molecule has 0 bridgehead atoms. The van der Waals surface area contributed by atoms with Crippen LogP contribution in [-0.4, -0.2) is 49.3 Å². The van der Waals surface area contributed by atoms with Crippen LogP contribution in [0.5, 0.6) is 0 Å². The maximum atomic E-state index is 6.03. The van der Waals surface area contributed by atoms with Crippen molar-refractivity contribution in [1.29, 1.82) is 0 Å². The third-order valence-corrected chi connectivity index (χ3v) is 4.18. The third kappa shape index (κ3) is 2.93. The van der Waals surface area contributed by atoms with Gasteiger partial charge in [-0.15, -0.1) is 0 Å². The number of nitrogens with one attached hydrogen (secondary N) is 1. The molecule has 2 aromatic rings. The third-order valence-electron chi connectivity index (χ3n) is 4.18. The number of hydrogen-bond donors (Lipinski definition) is 1. The van der Waals surface area contributed by atoms with Gasteiger partial charge in [-0.2, -0.15) is 0 Å². The second-order valence-electron chi connectivity index (χ2n) is 5.56. The number of nitrogens with zero attached hydrogens (tertiary/aromatic N) is 2. The Balaban J connectivity index is 2.00. The second kappa shape index (κ2) is 6.52. The zero-order chi connectivity index (χ0) is 14.7. The molecule has 0 radical (unpaired) electrons. The average molecular weight is 285 g/mol. The van der Waals surface area contributed by atoms with Crippen LogP contribution in [0.3, 0.4) is 0 Å². The molecule has 1 aromatic carbocycles. The minimum absolute atomic E-state index is 0.163. The number of ether oxygens (including phenoxy) is 1. The van der Waals surface area contributed by atoms with Crippen molar-refractivity contribution in [3.8, 4) is 0 Å². The van der Waals surface area contributed by atoms with Gasteiger partial charge in [-0.05, 0) is 25.2 Å². The smallest absolute Gasteiger partial charge is 0.0897 e. The van der Waals surface area contributed by atoms with Gasteiger partial charge in [-0.3, -0.25) is 9.88 Å². The number of morpholine rings is 1. The highest BCUT2D eigenvalue weighted by molar-refractivity contribution is 5.82. The molecule has 4 heteroatoms. The molecule has 2 heterocycles. The highest BCUT2D eigenvalue weighted by Gasteiger charge is 2.32. The zero-order valence-corrected chi connectivity index (χ0v) is 12.7. The molecule has 0 spiro atoms. The Bertz CT molecular complexity index is 596. The topological polar surface area (TPSA) is 37.4 Å². The summed E-state index contributed by atoms with van der Waals surface area (Å²) in [5.74, 6) is 0. The van der Waals surface area contributed by atoms with Crippen molar-refractivity contribution >= 4 is 10.9 Å². The van der Waals surface area contributed by atoms with Gasteiger partial charge in [0.25, 0.3) is 0 Å². The highest BCUT2D eigenvalue weighted by atomic mass is 16.5. The molecule has 0 saturated carbocycles. The van der Waals surface area contributed by atoms with Crippen LogP contribution in [0.1, 0.15) is 18.5 Å². The number of aromatic nitrogens is 1. The van der Waals surface area contributed by atoms with E-state index in [0.29, 0.717) is 0 Å². The van der Waals surface area contributed by atoms with E-state index >= 15 is 0 Å². The van der Waals surface area contributed by atoms with E-state index in [-0.39, 0.29) is 12.1 Å². The van der Waals surface area contributed by atoms with Gasteiger partial charge in [0.1, 0.15) is 0 Å². The predicted molar refractivity (Wildman–Crippen MR) is 85.4 cm³/mol. The van der Waals surface area contributed by atoms with Crippen molar-refractivity contribution in [1.82, 2.24) is 15.2 Å². The van der Waals surface area contributed by atoms with Crippen LogP contribution in [0, 0.1) is 0 Å². The number of rotatable bonds is 4. The molecule has 4 nitrogen and oxygen atoms in total. The first-order valence-electron chi connectivity index (χ1n) is 7.67. The van der Waals surface area contributed by atoms with Gasteiger partial charge in [0, 0.05) is 24.7 Å². The van der Waals surface area contributed by atoms with E-state index < -0.39 is 0 Å². The lowest BCUT2D eigenvalue weighted by molar-refractivity contribution is -0.0607. The van der Waals surface area contributed by atoms with Gasteiger partial charge in [0.15, 0.2) is 0 Å². The van der Waals surface area contributed by atoms with Crippen LogP contribution in [0.4, 0.5) is 0 Å². The molecule has 3 rings (SSSR count). The summed E-state index contributed by atoms with van der Waals surface area (Å²) in [6.45, 7) is 5.71. The molecule has 1 saturated heterocycles.